The number of hydrogen-bond donors (Lipinski definition) is 3. The third kappa shape index (κ3) is 4.19. The summed E-state index contributed by atoms with van der Waals surface area (Å²) >= 11 is 0. The van der Waals surface area contributed by atoms with Crippen molar-refractivity contribution in [3.8, 4) is 0 Å². The number of nitrogens with two attached hydrogens (primary N) is 2. The summed E-state index contributed by atoms with van der Waals surface area (Å²) < 4.78 is 0. The number of rotatable bonds is 6. The largest absolute Gasteiger partial charge is 0.390 e. The Balaban J connectivity index is 2.10. The van der Waals surface area contributed by atoms with E-state index in [1.54, 1.807) is 0 Å². The summed E-state index contributed by atoms with van der Waals surface area (Å²) in [4.78, 5) is 34.2. The fourth-order valence-corrected chi connectivity index (χ4v) is 2.37. The molecule has 2 rings (SSSR count). The lowest BCUT2D eigenvalue weighted by Crippen LogP contribution is -2.42. The summed E-state index contributed by atoms with van der Waals surface area (Å²) in [6.45, 7) is 2.45. The van der Waals surface area contributed by atoms with Gasteiger partial charge in [0.25, 0.3) is 5.91 Å². The van der Waals surface area contributed by atoms with Gasteiger partial charge in [0.15, 0.2) is 11.5 Å². The van der Waals surface area contributed by atoms with Gasteiger partial charge >= 0.3 is 0 Å². The zero-order valence-electron chi connectivity index (χ0n) is 12.9. The first-order valence-corrected chi connectivity index (χ1v) is 7.27. The van der Waals surface area contributed by atoms with E-state index in [9.17, 15) is 9.59 Å². The summed E-state index contributed by atoms with van der Waals surface area (Å²) in [5.74, 6) is -0.626. The molecule has 0 radical (unpaired) electrons. The number of carbonyl (C=O) groups excluding carboxylic acids is 2. The predicted molar refractivity (Wildman–Crippen MR) is 86.1 cm³/mol. The zero-order chi connectivity index (χ0) is 16.9. The minimum absolute atomic E-state index is 0.0143. The molecule has 5 N–H and O–H groups in total. The summed E-state index contributed by atoms with van der Waals surface area (Å²) in [6, 6.07) is 0. The van der Waals surface area contributed by atoms with Gasteiger partial charge in [0, 0.05) is 18.0 Å². The molecule has 1 unspecified atom stereocenters. The van der Waals surface area contributed by atoms with Gasteiger partial charge < -0.3 is 21.6 Å². The minimum atomic E-state index is -0.711. The average molecular weight is 316 g/mol. The first kappa shape index (κ1) is 16.8. The molecule has 1 aliphatic rings. The Morgan fingerprint density at radius 1 is 1.61 bits per heavy atom. The van der Waals surface area contributed by atoms with Crippen LogP contribution in [-0.2, 0) is 11.3 Å². The van der Waals surface area contributed by atoms with Gasteiger partial charge in [0.05, 0.1) is 18.2 Å². The van der Waals surface area contributed by atoms with Crippen molar-refractivity contribution in [2.75, 3.05) is 0 Å². The van der Waals surface area contributed by atoms with Crippen LogP contribution in [0.2, 0.25) is 0 Å². The highest BCUT2D eigenvalue weighted by molar-refractivity contribution is 5.95. The highest BCUT2D eigenvalue weighted by atomic mass is 16.1. The van der Waals surface area contributed by atoms with Crippen molar-refractivity contribution < 1.29 is 9.59 Å². The van der Waals surface area contributed by atoms with Crippen LogP contribution in [0, 0.1) is 5.92 Å². The van der Waals surface area contributed by atoms with Gasteiger partial charge in [0.2, 0.25) is 0 Å². The van der Waals surface area contributed by atoms with Crippen LogP contribution in [-0.4, -0.2) is 34.0 Å². The van der Waals surface area contributed by atoms with Crippen LogP contribution in [0.5, 0.6) is 0 Å². The van der Waals surface area contributed by atoms with Crippen LogP contribution in [0.15, 0.2) is 23.3 Å². The number of amides is 1. The predicted octanol–water partition coefficient (Wildman–Crippen LogP) is 0.207. The number of nitrogens with one attached hydrogen (secondary N) is 1. The van der Waals surface area contributed by atoms with Crippen molar-refractivity contribution >= 4 is 24.3 Å². The number of allylic oxidation sites excluding steroid dienone is 1. The van der Waals surface area contributed by atoms with Crippen molar-refractivity contribution in [1.82, 2.24) is 15.3 Å². The lowest BCUT2D eigenvalue weighted by molar-refractivity contribution is -0.110. The molecule has 0 aliphatic heterocycles. The highest BCUT2D eigenvalue weighted by Crippen LogP contribution is 2.25. The van der Waals surface area contributed by atoms with E-state index in [1.807, 2.05) is 19.1 Å². The summed E-state index contributed by atoms with van der Waals surface area (Å²) in [6.07, 6.45) is 9.04. The number of aliphatic imine (C=N–C) groups is 1. The molecule has 0 fully saturated rings. The molecule has 8 heteroatoms. The van der Waals surface area contributed by atoms with E-state index in [2.05, 4.69) is 20.3 Å². The number of carbonyl (C=O) groups is 2. The smallest absolute Gasteiger partial charge is 0.271 e. The van der Waals surface area contributed by atoms with E-state index in [4.69, 9.17) is 11.5 Å². The van der Waals surface area contributed by atoms with Gasteiger partial charge in [-0.1, -0.05) is 12.2 Å². The molecular formula is C15H20N6O2. The third-order valence-electron chi connectivity index (χ3n) is 3.79. The van der Waals surface area contributed by atoms with Crippen molar-refractivity contribution in [2.45, 2.75) is 31.8 Å². The van der Waals surface area contributed by atoms with Crippen molar-refractivity contribution in [3.63, 3.8) is 0 Å². The van der Waals surface area contributed by atoms with Gasteiger partial charge in [-0.3, -0.25) is 4.79 Å². The summed E-state index contributed by atoms with van der Waals surface area (Å²) in [5, 5.41) is 3.36. The van der Waals surface area contributed by atoms with Crippen LogP contribution in [0.1, 0.15) is 35.9 Å². The van der Waals surface area contributed by atoms with Crippen LogP contribution in [0.4, 0.5) is 5.82 Å². The monoisotopic (exact) mass is 316 g/mol. The molecule has 1 aromatic rings. The molecule has 8 nitrogen and oxygen atoms in total. The second-order valence-electron chi connectivity index (χ2n) is 5.64. The molecule has 122 valence electrons. The molecular weight excluding hydrogens is 296 g/mol. The van der Waals surface area contributed by atoms with Crippen LogP contribution in [0.3, 0.4) is 0 Å². The van der Waals surface area contributed by atoms with Gasteiger partial charge in [0.1, 0.15) is 6.29 Å². The third-order valence-corrected chi connectivity index (χ3v) is 3.79. The van der Waals surface area contributed by atoms with Gasteiger partial charge in [-0.2, -0.15) is 0 Å². The number of hydrogen-bond acceptors (Lipinski definition) is 6. The van der Waals surface area contributed by atoms with Gasteiger partial charge in [-0.05, 0) is 19.8 Å². The highest BCUT2D eigenvalue weighted by Gasteiger charge is 2.26. The number of nitrogens with zero attached hydrogens (tertiary/aromatic N) is 3. The Bertz CT molecular complexity index is 657. The standard InChI is InChI=1S/C15H20N6O2/c1-15(4-2-10(8-22)3-5-15)20-7-11-6-18-14(19-9-16)12(21-11)13(17)23/h2,4,6,8-10,20H,3,5,7H2,1H3,(H2,17,23)(H2,16,18,19)/t10?,15-/m1/s1. The SMILES string of the molecule is C[C@@]1(NCc2cnc(/N=C/N)c(C(N)=O)n2)C=CC(C=O)CC1. The Morgan fingerprint density at radius 2 is 2.39 bits per heavy atom. The number of aldehydes is 1. The van der Waals surface area contributed by atoms with Gasteiger partial charge in [-0.15, -0.1) is 0 Å². The van der Waals surface area contributed by atoms with Crippen LogP contribution in [0.25, 0.3) is 0 Å². The summed E-state index contributed by atoms with van der Waals surface area (Å²) in [5.41, 5.74) is 10.8. The Kier molecular flexibility index (Phi) is 5.17. The minimum Gasteiger partial charge on any atom is -0.390 e. The Labute approximate surface area is 134 Å². The number of primary amides is 1. The molecule has 1 aromatic heterocycles. The van der Waals surface area contributed by atoms with E-state index in [0.717, 1.165) is 25.5 Å². The fourth-order valence-electron chi connectivity index (χ4n) is 2.37. The van der Waals surface area contributed by atoms with E-state index in [0.29, 0.717) is 12.2 Å². The lowest BCUT2D eigenvalue weighted by atomic mass is 9.84. The van der Waals surface area contributed by atoms with Crippen molar-refractivity contribution in [2.24, 2.45) is 22.4 Å². The van der Waals surface area contributed by atoms with E-state index < -0.39 is 5.91 Å². The van der Waals surface area contributed by atoms with Gasteiger partial charge in [-0.25, -0.2) is 15.0 Å². The summed E-state index contributed by atoms with van der Waals surface area (Å²) in [7, 11) is 0. The van der Waals surface area contributed by atoms with E-state index in [-0.39, 0.29) is 23.0 Å². The van der Waals surface area contributed by atoms with E-state index in [1.165, 1.54) is 6.20 Å². The first-order valence-electron chi connectivity index (χ1n) is 7.27. The molecule has 1 amide bonds. The average Bonchev–Trinajstić information content (AvgIpc) is 2.55. The molecule has 1 heterocycles. The Hall–Kier alpha value is -2.61. The maximum absolute atomic E-state index is 11.4. The van der Waals surface area contributed by atoms with Crippen LogP contribution >= 0.6 is 0 Å². The van der Waals surface area contributed by atoms with Crippen LogP contribution < -0.4 is 16.8 Å². The molecule has 0 aromatic carbocycles. The van der Waals surface area contributed by atoms with Crippen molar-refractivity contribution in [1.29, 1.82) is 0 Å². The topological polar surface area (TPSA) is 136 Å². The fraction of sp³-hybridized carbons (Fsp3) is 0.400. The quantitative estimate of drug-likeness (QED) is 0.297. The maximum atomic E-state index is 11.4. The lowest BCUT2D eigenvalue weighted by Gasteiger charge is -2.32. The molecule has 23 heavy (non-hydrogen) atoms. The second-order valence-corrected chi connectivity index (χ2v) is 5.64. The number of aromatic nitrogens is 2. The molecule has 0 bridgehead atoms. The zero-order valence-corrected chi connectivity index (χ0v) is 12.9. The molecule has 1 aliphatic carbocycles. The second kappa shape index (κ2) is 7.10. The molecule has 2 atom stereocenters. The molecule has 0 spiro atoms. The molecule has 0 saturated carbocycles. The Morgan fingerprint density at radius 3 is 2.96 bits per heavy atom. The van der Waals surface area contributed by atoms with E-state index >= 15 is 0 Å². The first-order chi connectivity index (χ1) is 11.0. The molecule has 0 saturated heterocycles. The normalized spacial score (nSPS) is 24.0. The van der Waals surface area contributed by atoms with Crippen molar-refractivity contribution in [3.05, 3.63) is 29.7 Å². The maximum Gasteiger partial charge on any atom is 0.271 e.